The van der Waals surface area contributed by atoms with Crippen LogP contribution in [0, 0.1) is 0 Å². The van der Waals surface area contributed by atoms with E-state index in [4.69, 9.17) is 4.74 Å². The first-order valence-corrected chi connectivity index (χ1v) is 14.1. The number of nitrogens with zero attached hydrogens (tertiary/aromatic N) is 5. The van der Waals surface area contributed by atoms with Gasteiger partial charge in [-0.2, -0.15) is 10.2 Å². The second-order valence-corrected chi connectivity index (χ2v) is 11.9. The fourth-order valence-electron chi connectivity index (χ4n) is 4.53. The third-order valence-electron chi connectivity index (χ3n) is 6.54. The monoisotopic (exact) mass is 554 g/mol. The molecule has 1 N–H and O–H groups in total. The summed E-state index contributed by atoms with van der Waals surface area (Å²) in [5, 5.41) is 20.7. The molecule has 1 atom stereocenters. The maximum atomic E-state index is 12.6. The second-order valence-electron chi connectivity index (χ2n) is 11.0. The molecule has 5 rings (SSSR count). The van der Waals surface area contributed by atoms with Gasteiger partial charge in [0.05, 0.1) is 18.4 Å². The Morgan fingerprint density at radius 1 is 1.10 bits per heavy atom. The Hall–Kier alpha value is -4.24. The summed E-state index contributed by atoms with van der Waals surface area (Å²) in [7, 11) is 3.68. The lowest BCUT2D eigenvalue weighted by atomic mass is 10.0. The van der Waals surface area contributed by atoms with Crippen molar-refractivity contribution in [1.29, 1.82) is 0 Å². The van der Waals surface area contributed by atoms with E-state index in [-0.39, 0.29) is 12.1 Å². The minimum Gasteiger partial charge on any atom is -0.444 e. The van der Waals surface area contributed by atoms with Gasteiger partial charge in [-0.15, -0.1) is 16.4 Å². The first-order chi connectivity index (χ1) is 19.1. The Labute approximate surface area is 238 Å². The van der Waals surface area contributed by atoms with Gasteiger partial charge >= 0.3 is 6.09 Å². The van der Waals surface area contributed by atoms with Crippen LogP contribution >= 0.6 is 11.3 Å². The zero-order valence-electron chi connectivity index (χ0n) is 23.7. The molecule has 0 bridgehead atoms. The number of hydrogen-bond acceptors (Lipinski definition) is 7. The lowest BCUT2D eigenvalue weighted by molar-refractivity contribution is 0.0285. The predicted molar refractivity (Wildman–Crippen MR) is 161 cm³/mol. The van der Waals surface area contributed by atoms with Gasteiger partial charge in [0.15, 0.2) is 5.82 Å². The van der Waals surface area contributed by atoms with Crippen molar-refractivity contribution in [2.75, 3.05) is 12.4 Å². The minimum absolute atomic E-state index is 0.0114. The number of amides is 1. The lowest BCUT2D eigenvalue weighted by Crippen LogP contribution is -2.33. The molecule has 9 heteroatoms. The third-order valence-corrected chi connectivity index (χ3v) is 7.66. The van der Waals surface area contributed by atoms with E-state index in [9.17, 15) is 4.79 Å². The number of ether oxygens (including phenoxy) is 1. The van der Waals surface area contributed by atoms with Gasteiger partial charge in [-0.1, -0.05) is 36.4 Å². The summed E-state index contributed by atoms with van der Waals surface area (Å²) in [5.74, 6) is 0.741. The van der Waals surface area contributed by atoms with Gasteiger partial charge in [-0.05, 0) is 67.5 Å². The topological polar surface area (TPSA) is 85.2 Å². The van der Waals surface area contributed by atoms with Gasteiger partial charge in [0, 0.05) is 48.0 Å². The quantitative estimate of drug-likeness (QED) is 0.227. The smallest absolute Gasteiger partial charge is 0.410 e. The molecule has 3 heterocycles. The average Bonchev–Trinajstić information content (AvgIpc) is 3.58. The number of benzene rings is 2. The van der Waals surface area contributed by atoms with Gasteiger partial charge in [0.2, 0.25) is 0 Å². The van der Waals surface area contributed by atoms with E-state index in [1.165, 1.54) is 4.88 Å². The molecule has 0 aliphatic heterocycles. The standard InChI is InChI=1S/C31H34N6O2S/c1-20(34-29-27-13-21(25-16-33-37(6)18-25)11-12-22(27)15-32-35-29)28-14-24(19-40-28)26-10-8-7-9-23(26)17-36(5)30(38)39-31(2,3)4/h7-16,18-20H,17H2,1-6H3,(H,34,35)/t20-/m1/s1. The van der Waals surface area contributed by atoms with Crippen molar-refractivity contribution in [2.24, 2.45) is 7.05 Å². The molecule has 0 saturated heterocycles. The van der Waals surface area contributed by atoms with Crippen LogP contribution in [0.25, 0.3) is 33.0 Å². The van der Waals surface area contributed by atoms with Gasteiger partial charge < -0.3 is 15.0 Å². The lowest BCUT2D eigenvalue weighted by Gasteiger charge is -2.25. The molecule has 5 aromatic rings. The molecule has 0 aliphatic rings. The first kappa shape index (κ1) is 27.3. The molecule has 0 unspecified atom stereocenters. The average molecular weight is 555 g/mol. The van der Waals surface area contributed by atoms with E-state index in [1.54, 1.807) is 34.2 Å². The maximum Gasteiger partial charge on any atom is 0.410 e. The molecule has 0 saturated carbocycles. The fraction of sp³-hybridized carbons (Fsp3) is 0.290. The van der Waals surface area contributed by atoms with Crippen molar-refractivity contribution >= 4 is 34.0 Å². The first-order valence-electron chi connectivity index (χ1n) is 13.2. The van der Waals surface area contributed by atoms with Crippen LogP contribution in [0.4, 0.5) is 10.6 Å². The highest BCUT2D eigenvalue weighted by Gasteiger charge is 2.21. The maximum absolute atomic E-state index is 12.6. The molecule has 0 spiro atoms. The number of carbonyl (C=O) groups excluding carboxylic acids is 1. The summed E-state index contributed by atoms with van der Waals surface area (Å²) in [5.41, 5.74) is 4.87. The molecule has 1 amide bonds. The SMILES string of the molecule is C[C@@H](Nc1nncc2ccc(-c3cnn(C)c3)cc12)c1cc(-c2ccccc2CN(C)C(=O)OC(C)(C)C)cs1. The van der Waals surface area contributed by atoms with Crippen molar-refractivity contribution in [3.8, 4) is 22.3 Å². The normalized spacial score (nSPS) is 12.3. The van der Waals surface area contributed by atoms with Crippen LogP contribution in [0.15, 0.2) is 72.5 Å². The Morgan fingerprint density at radius 2 is 1.90 bits per heavy atom. The molecule has 0 aliphatic carbocycles. The molecule has 8 nitrogen and oxygen atoms in total. The Kier molecular flexibility index (Phi) is 7.58. The summed E-state index contributed by atoms with van der Waals surface area (Å²) < 4.78 is 7.34. The summed E-state index contributed by atoms with van der Waals surface area (Å²) in [6.45, 7) is 8.20. The summed E-state index contributed by atoms with van der Waals surface area (Å²) in [4.78, 5) is 15.3. The molecule has 0 fully saturated rings. The van der Waals surface area contributed by atoms with Crippen LogP contribution in [-0.2, 0) is 18.3 Å². The van der Waals surface area contributed by atoms with E-state index in [2.05, 4.69) is 69.3 Å². The van der Waals surface area contributed by atoms with Crippen molar-refractivity contribution in [2.45, 2.75) is 45.9 Å². The molecule has 3 aromatic heterocycles. The number of aryl methyl sites for hydroxylation is 1. The van der Waals surface area contributed by atoms with E-state index in [1.807, 2.05) is 52.3 Å². The van der Waals surface area contributed by atoms with E-state index in [0.29, 0.717) is 6.54 Å². The number of aromatic nitrogens is 4. The van der Waals surface area contributed by atoms with Crippen molar-refractivity contribution in [1.82, 2.24) is 24.9 Å². The fourth-order valence-corrected chi connectivity index (χ4v) is 5.45. The molecule has 40 heavy (non-hydrogen) atoms. The Balaban J connectivity index is 1.36. The number of rotatable bonds is 7. The number of carbonyl (C=O) groups is 1. The molecule has 206 valence electrons. The zero-order chi connectivity index (χ0) is 28.4. The minimum atomic E-state index is -0.537. The number of anilines is 1. The van der Waals surface area contributed by atoms with Crippen molar-refractivity contribution in [3.05, 3.63) is 82.9 Å². The molecule has 0 radical (unpaired) electrons. The summed E-state index contributed by atoms with van der Waals surface area (Å²) >= 11 is 1.69. The molecular weight excluding hydrogens is 520 g/mol. The Morgan fingerprint density at radius 3 is 2.65 bits per heavy atom. The van der Waals surface area contributed by atoms with Crippen LogP contribution in [0.5, 0.6) is 0 Å². The number of hydrogen-bond donors (Lipinski definition) is 1. The highest BCUT2D eigenvalue weighted by Crippen LogP contribution is 2.34. The van der Waals surface area contributed by atoms with Gasteiger partial charge in [0.25, 0.3) is 0 Å². The third kappa shape index (κ3) is 6.15. The highest BCUT2D eigenvalue weighted by atomic mass is 32.1. The number of thiophene rings is 1. The van der Waals surface area contributed by atoms with Crippen LogP contribution < -0.4 is 5.32 Å². The van der Waals surface area contributed by atoms with Crippen molar-refractivity contribution < 1.29 is 9.53 Å². The van der Waals surface area contributed by atoms with E-state index < -0.39 is 5.60 Å². The molecular formula is C31H34N6O2S. The Bertz CT molecular complexity index is 1650. The van der Waals surface area contributed by atoms with Crippen LogP contribution in [-0.4, -0.2) is 43.6 Å². The van der Waals surface area contributed by atoms with Crippen LogP contribution in [0.1, 0.15) is 44.2 Å². The number of nitrogens with one attached hydrogen (secondary N) is 1. The van der Waals surface area contributed by atoms with Crippen molar-refractivity contribution in [3.63, 3.8) is 0 Å². The van der Waals surface area contributed by atoms with Gasteiger partial charge in [-0.25, -0.2) is 4.79 Å². The van der Waals surface area contributed by atoms with E-state index >= 15 is 0 Å². The van der Waals surface area contributed by atoms with Crippen LogP contribution in [0.2, 0.25) is 0 Å². The molecule has 2 aromatic carbocycles. The van der Waals surface area contributed by atoms with Gasteiger partial charge in [0.1, 0.15) is 5.60 Å². The zero-order valence-corrected chi connectivity index (χ0v) is 24.5. The summed E-state index contributed by atoms with van der Waals surface area (Å²) in [6, 6.07) is 16.7. The summed E-state index contributed by atoms with van der Waals surface area (Å²) in [6.07, 6.45) is 5.31. The second kappa shape index (κ2) is 11.1. The highest BCUT2D eigenvalue weighted by molar-refractivity contribution is 7.10. The van der Waals surface area contributed by atoms with Crippen LogP contribution in [0.3, 0.4) is 0 Å². The predicted octanol–water partition coefficient (Wildman–Crippen LogP) is 7.30. The largest absolute Gasteiger partial charge is 0.444 e. The van der Waals surface area contributed by atoms with E-state index in [0.717, 1.165) is 44.4 Å². The number of fused-ring (bicyclic) bond motifs is 1. The van der Waals surface area contributed by atoms with Gasteiger partial charge in [-0.3, -0.25) is 4.68 Å².